The Bertz CT molecular complexity index is 576. The number of aliphatic hydroxyl groups is 1. The summed E-state index contributed by atoms with van der Waals surface area (Å²) < 4.78 is 5.85. The van der Waals surface area contributed by atoms with E-state index in [4.69, 9.17) is 4.74 Å². The molecule has 0 saturated carbocycles. The minimum absolute atomic E-state index is 0.274. The Labute approximate surface area is 127 Å². The highest BCUT2D eigenvalue weighted by Crippen LogP contribution is 2.26. The van der Waals surface area contributed by atoms with E-state index in [0.29, 0.717) is 0 Å². The normalized spacial score (nSPS) is 12.2. The quantitative estimate of drug-likeness (QED) is 0.887. The lowest BCUT2D eigenvalue weighted by Gasteiger charge is -2.16. The van der Waals surface area contributed by atoms with Crippen molar-refractivity contribution in [3.05, 3.63) is 64.2 Å². The van der Waals surface area contributed by atoms with E-state index in [-0.39, 0.29) is 6.61 Å². The molecule has 2 nitrogen and oxygen atoms in total. The Kier molecular flexibility index (Phi) is 5.03. The van der Waals surface area contributed by atoms with E-state index in [0.717, 1.165) is 28.9 Å². The highest BCUT2D eigenvalue weighted by Gasteiger charge is 2.11. The van der Waals surface area contributed by atoms with Crippen LogP contribution in [0.5, 0.6) is 5.75 Å². The first-order chi connectivity index (χ1) is 10.0. The summed E-state index contributed by atoms with van der Waals surface area (Å²) in [6.07, 6.45) is 0.408. The number of hydrogen-bond acceptors (Lipinski definition) is 2. The van der Waals surface area contributed by atoms with Crippen molar-refractivity contribution in [2.75, 3.05) is 6.61 Å². The van der Waals surface area contributed by atoms with Crippen LogP contribution in [0.1, 0.15) is 40.8 Å². The van der Waals surface area contributed by atoms with Gasteiger partial charge in [0, 0.05) is 0 Å². The molecule has 112 valence electrons. The molecule has 1 unspecified atom stereocenters. The summed E-state index contributed by atoms with van der Waals surface area (Å²) in [6.45, 7) is 8.55. The largest absolute Gasteiger partial charge is 0.490 e. The van der Waals surface area contributed by atoms with E-state index in [2.05, 4.69) is 38.1 Å². The van der Waals surface area contributed by atoms with Crippen molar-refractivity contribution in [3.63, 3.8) is 0 Å². The van der Waals surface area contributed by atoms with Crippen LogP contribution in [0.15, 0.2) is 36.4 Å². The van der Waals surface area contributed by atoms with Crippen molar-refractivity contribution in [3.8, 4) is 5.75 Å². The lowest BCUT2D eigenvalue weighted by Crippen LogP contribution is -2.11. The second-order valence-electron chi connectivity index (χ2n) is 5.65. The van der Waals surface area contributed by atoms with Gasteiger partial charge in [0.25, 0.3) is 0 Å². The number of ether oxygens (including phenoxy) is 1. The molecule has 0 saturated heterocycles. The molecule has 2 aromatic rings. The van der Waals surface area contributed by atoms with Gasteiger partial charge in [-0.15, -0.1) is 0 Å². The average Bonchev–Trinajstić information content (AvgIpc) is 2.46. The van der Waals surface area contributed by atoms with Crippen molar-refractivity contribution in [1.29, 1.82) is 0 Å². The molecule has 2 rings (SSSR count). The Morgan fingerprint density at radius 3 is 2.10 bits per heavy atom. The summed E-state index contributed by atoms with van der Waals surface area (Å²) in [5, 5.41) is 10.3. The number of hydrogen-bond donors (Lipinski definition) is 1. The maximum absolute atomic E-state index is 10.3. The summed E-state index contributed by atoms with van der Waals surface area (Å²) in [4.78, 5) is 0. The van der Waals surface area contributed by atoms with E-state index >= 15 is 0 Å². The lowest BCUT2D eigenvalue weighted by atomic mass is 10.1. The van der Waals surface area contributed by atoms with Gasteiger partial charge in [0.1, 0.15) is 18.5 Å². The molecular weight excluding hydrogens is 260 g/mol. The van der Waals surface area contributed by atoms with Crippen LogP contribution >= 0.6 is 0 Å². The summed E-state index contributed by atoms with van der Waals surface area (Å²) in [7, 11) is 0. The predicted octanol–water partition coefficient (Wildman–Crippen LogP) is 4.29. The van der Waals surface area contributed by atoms with Crippen molar-refractivity contribution in [1.82, 2.24) is 0 Å². The van der Waals surface area contributed by atoms with Crippen LogP contribution in [0.25, 0.3) is 0 Å². The Hall–Kier alpha value is -1.80. The lowest BCUT2D eigenvalue weighted by molar-refractivity contribution is 0.107. The highest BCUT2D eigenvalue weighted by molar-refractivity contribution is 5.43. The topological polar surface area (TPSA) is 29.5 Å². The minimum atomic E-state index is -0.601. The number of benzene rings is 2. The second-order valence-corrected chi connectivity index (χ2v) is 5.65. The number of rotatable bonds is 5. The fourth-order valence-electron chi connectivity index (χ4n) is 2.63. The van der Waals surface area contributed by atoms with Gasteiger partial charge in [-0.1, -0.05) is 48.9 Å². The Morgan fingerprint density at radius 1 is 1.00 bits per heavy atom. The zero-order chi connectivity index (χ0) is 15.4. The van der Waals surface area contributed by atoms with Gasteiger partial charge in [-0.25, -0.2) is 0 Å². The fraction of sp³-hybridized carbons (Fsp3) is 0.368. The second kappa shape index (κ2) is 6.77. The minimum Gasteiger partial charge on any atom is -0.490 e. The van der Waals surface area contributed by atoms with Crippen LogP contribution in [0.2, 0.25) is 0 Å². The van der Waals surface area contributed by atoms with Crippen molar-refractivity contribution in [2.24, 2.45) is 0 Å². The van der Waals surface area contributed by atoms with Crippen LogP contribution in [0.4, 0.5) is 0 Å². The molecule has 21 heavy (non-hydrogen) atoms. The summed E-state index contributed by atoms with van der Waals surface area (Å²) in [5.41, 5.74) is 5.63. The van der Waals surface area contributed by atoms with Crippen molar-refractivity contribution >= 4 is 0 Å². The molecule has 0 spiro atoms. The molecule has 1 atom stereocenters. The SMILES string of the molecule is CCc1ccc(C(O)COc2c(C)cc(C)cc2C)cc1. The molecule has 0 heterocycles. The van der Waals surface area contributed by atoms with Gasteiger partial charge in [0.15, 0.2) is 0 Å². The van der Waals surface area contributed by atoms with Crippen molar-refractivity contribution < 1.29 is 9.84 Å². The number of aryl methyl sites for hydroxylation is 4. The fourth-order valence-corrected chi connectivity index (χ4v) is 2.63. The van der Waals surface area contributed by atoms with E-state index in [1.54, 1.807) is 0 Å². The van der Waals surface area contributed by atoms with E-state index in [1.807, 2.05) is 26.0 Å². The standard InChI is InChI=1S/C19H24O2/c1-5-16-6-8-17(9-7-16)18(20)12-21-19-14(3)10-13(2)11-15(19)4/h6-11,18,20H,5,12H2,1-4H3. The van der Waals surface area contributed by atoms with E-state index in [9.17, 15) is 5.11 Å². The molecule has 0 radical (unpaired) electrons. The maximum atomic E-state index is 10.3. The molecule has 0 fully saturated rings. The van der Waals surface area contributed by atoms with Crippen LogP contribution in [0.3, 0.4) is 0 Å². The van der Waals surface area contributed by atoms with Gasteiger partial charge in [0.05, 0.1) is 0 Å². The monoisotopic (exact) mass is 284 g/mol. The zero-order valence-corrected chi connectivity index (χ0v) is 13.3. The molecule has 2 aromatic carbocycles. The molecule has 1 N–H and O–H groups in total. The van der Waals surface area contributed by atoms with Gasteiger partial charge >= 0.3 is 0 Å². The van der Waals surface area contributed by atoms with Gasteiger partial charge in [-0.3, -0.25) is 0 Å². The molecular formula is C19H24O2. The molecule has 0 aliphatic carbocycles. The first kappa shape index (κ1) is 15.6. The van der Waals surface area contributed by atoms with Crippen molar-refractivity contribution in [2.45, 2.75) is 40.2 Å². The Morgan fingerprint density at radius 2 is 1.57 bits per heavy atom. The molecule has 2 heteroatoms. The smallest absolute Gasteiger partial charge is 0.125 e. The van der Waals surface area contributed by atoms with Gasteiger partial charge in [-0.2, -0.15) is 0 Å². The van der Waals surface area contributed by atoms with Crippen LogP contribution in [-0.4, -0.2) is 11.7 Å². The highest BCUT2D eigenvalue weighted by atomic mass is 16.5. The predicted molar refractivity (Wildman–Crippen MR) is 86.9 cm³/mol. The van der Waals surface area contributed by atoms with Crippen LogP contribution < -0.4 is 4.74 Å². The average molecular weight is 284 g/mol. The maximum Gasteiger partial charge on any atom is 0.125 e. The molecule has 0 aromatic heterocycles. The summed E-state index contributed by atoms with van der Waals surface area (Å²) in [6, 6.07) is 12.3. The third-order valence-electron chi connectivity index (χ3n) is 3.76. The van der Waals surface area contributed by atoms with Gasteiger partial charge in [0.2, 0.25) is 0 Å². The summed E-state index contributed by atoms with van der Waals surface area (Å²) >= 11 is 0. The molecule has 0 amide bonds. The molecule has 0 bridgehead atoms. The Balaban J connectivity index is 2.05. The molecule has 0 aliphatic heterocycles. The van der Waals surface area contributed by atoms with Gasteiger partial charge < -0.3 is 9.84 Å². The van der Waals surface area contributed by atoms with Crippen LogP contribution in [-0.2, 0) is 6.42 Å². The summed E-state index contributed by atoms with van der Waals surface area (Å²) in [5.74, 6) is 0.879. The third-order valence-corrected chi connectivity index (χ3v) is 3.76. The van der Waals surface area contributed by atoms with Crippen LogP contribution in [0, 0.1) is 20.8 Å². The van der Waals surface area contributed by atoms with Gasteiger partial charge in [-0.05, 0) is 49.4 Å². The third kappa shape index (κ3) is 3.85. The first-order valence-electron chi connectivity index (χ1n) is 7.48. The number of aliphatic hydroxyl groups excluding tert-OH is 1. The zero-order valence-electron chi connectivity index (χ0n) is 13.3. The van der Waals surface area contributed by atoms with E-state index in [1.165, 1.54) is 11.1 Å². The first-order valence-corrected chi connectivity index (χ1v) is 7.48. The molecule has 0 aliphatic rings. The van der Waals surface area contributed by atoms with E-state index < -0.39 is 6.10 Å².